The zero-order chi connectivity index (χ0) is 9.68. The second-order valence-corrected chi connectivity index (χ2v) is 5.11. The van der Waals surface area contributed by atoms with Gasteiger partial charge in [0.05, 0.1) is 19.7 Å². The molecule has 13 heavy (non-hydrogen) atoms. The highest BCUT2D eigenvalue weighted by molar-refractivity contribution is 8.01. The summed E-state index contributed by atoms with van der Waals surface area (Å²) in [5.41, 5.74) is 0. The monoisotopic (exact) mass is 237 g/mol. The third-order valence-corrected chi connectivity index (χ3v) is 3.49. The molecule has 0 bridgehead atoms. The molecule has 0 aromatic carbocycles. The van der Waals surface area contributed by atoms with Crippen LogP contribution >= 0.6 is 34.7 Å². The number of hydrogen-bond donors (Lipinski definition) is 0. The van der Waals surface area contributed by atoms with Crippen molar-refractivity contribution in [1.29, 1.82) is 0 Å². The Bertz CT molecular complexity index is 290. The summed E-state index contributed by atoms with van der Waals surface area (Å²) in [4.78, 5) is 14.8. The number of esters is 1. The summed E-state index contributed by atoms with van der Waals surface area (Å²) in [5.74, 6) is 0.478. The van der Waals surface area contributed by atoms with Crippen molar-refractivity contribution in [2.75, 3.05) is 12.9 Å². The van der Waals surface area contributed by atoms with E-state index in [-0.39, 0.29) is 5.97 Å². The van der Waals surface area contributed by atoms with E-state index in [0.29, 0.717) is 16.5 Å². The number of hydrogen-bond acceptors (Lipinski definition) is 5. The number of aromatic nitrogens is 1. The fourth-order valence-electron chi connectivity index (χ4n) is 0.630. The zero-order valence-electron chi connectivity index (χ0n) is 6.95. The van der Waals surface area contributed by atoms with Crippen molar-refractivity contribution in [3.8, 4) is 0 Å². The number of carbonyl (C=O) groups excluding carboxylic acids is 1. The van der Waals surface area contributed by atoms with Gasteiger partial charge < -0.3 is 4.74 Å². The number of rotatable bonds is 4. The van der Waals surface area contributed by atoms with E-state index in [1.807, 2.05) is 0 Å². The van der Waals surface area contributed by atoms with Gasteiger partial charge in [0.25, 0.3) is 0 Å². The van der Waals surface area contributed by atoms with Gasteiger partial charge in [-0.25, -0.2) is 4.98 Å². The predicted molar refractivity (Wildman–Crippen MR) is 54.5 cm³/mol. The molecule has 0 fully saturated rings. The molecule has 1 rings (SSSR count). The Hall–Kier alpha value is -0.260. The lowest BCUT2D eigenvalue weighted by Gasteiger charge is -1.96. The van der Waals surface area contributed by atoms with Gasteiger partial charge >= 0.3 is 5.97 Å². The largest absolute Gasteiger partial charge is 0.469 e. The molecule has 0 radical (unpaired) electrons. The van der Waals surface area contributed by atoms with Crippen molar-refractivity contribution in [3.63, 3.8) is 0 Å². The molecule has 1 aromatic rings. The van der Waals surface area contributed by atoms with Gasteiger partial charge in [-0.3, -0.25) is 4.79 Å². The van der Waals surface area contributed by atoms with Crippen LogP contribution in [0.4, 0.5) is 0 Å². The molecule has 0 aliphatic heterocycles. The lowest BCUT2D eigenvalue weighted by Crippen LogP contribution is -2.00. The molecule has 0 amide bonds. The predicted octanol–water partition coefficient (Wildman–Crippen LogP) is 2.45. The SMILES string of the molecule is COC(=O)CCSc1ncc(Cl)s1. The minimum Gasteiger partial charge on any atom is -0.469 e. The maximum absolute atomic E-state index is 10.7. The lowest BCUT2D eigenvalue weighted by atomic mass is 10.5. The third-order valence-electron chi connectivity index (χ3n) is 1.22. The normalized spacial score (nSPS) is 10.0. The molecule has 6 heteroatoms. The molecule has 0 unspecified atom stereocenters. The highest BCUT2D eigenvalue weighted by atomic mass is 35.5. The summed E-state index contributed by atoms with van der Waals surface area (Å²) in [6, 6.07) is 0. The van der Waals surface area contributed by atoms with Crippen molar-refractivity contribution < 1.29 is 9.53 Å². The standard InChI is InChI=1S/C7H8ClNO2S2/c1-11-6(10)2-3-12-7-9-4-5(8)13-7/h4H,2-3H2,1H3. The fourth-order valence-corrected chi connectivity index (χ4v) is 2.74. The molecule has 0 aliphatic rings. The molecule has 1 heterocycles. The van der Waals surface area contributed by atoms with Crippen molar-refractivity contribution in [2.45, 2.75) is 10.8 Å². The summed E-state index contributed by atoms with van der Waals surface area (Å²) >= 11 is 8.60. The summed E-state index contributed by atoms with van der Waals surface area (Å²) in [6.45, 7) is 0. The van der Waals surface area contributed by atoms with Crippen molar-refractivity contribution >= 4 is 40.7 Å². The first-order valence-corrected chi connectivity index (χ1v) is 5.71. The number of carbonyl (C=O) groups is 1. The van der Waals surface area contributed by atoms with Crippen LogP contribution in [-0.2, 0) is 9.53 Å². The molecular weight excluding hydrogens is 230 g/mol. The van der Waals surface area contributed by atoms with E-state index in [1.165, 1.54) is 30.2 Å². The van der Waals surface area contributed by atoms with Crippen LogP contribution in [0.3, 0.4) is 0 Å². The van der Waals surface area contributed by atoms with Crippen LogP contribution in [0.2, 0.25) is 4.34 Å². The first-order chi connectivity index (χ1) is 6.22. The lowest BCUT2D eigenvalue weighted by molar-refractivity contribution is -0.140. The topological polar surface area (TPSA) is 39.2 Å². The van der Waals surface area contributed by atoms with E-state index in [9.17, 15) is 4.79 Å². The first kappa shape index (κ1) is 10.8. The van der Waals surface area contributed by atoms with Crippen molar-refractivity contribution in [3.05, 3.63) is 10.5 Å². The molecule has 0 N–H and O–H groups in total. The Labute approximate surface area is 89.5 Å². The number of methoxy groups -OCH3 is 1. The summed E-state index contributed by atoms with van der Waals surface area (Å²) < 4.78 is 6.05. The van der Waals surface area contributed by atoms with Gasteiger partial charge in [0.1, 0.15) is 4.34 Å². The number of nitrogens with zero attached hydrogens (tertiary/aromatic N) is 1. The van der Waals surface area contributed by atoms with Crippen LogP contribution in [0.15, 0.2) is 10.5 Å². The van der Waals surface area contributed by atoms with Crippen LogP contribution in [0, 0.1) is 0 Å². The number of ether oxygens (including phenoxy) is 1. The molecule has 72 valence electrons. The minimum absolute atomic E-state index is 0.199. The molecular formula is C7H8ClNO2S2. The summed E-state index contributed by atoms with van der Waals surface area (Å²) in [7, 11) is 1.38. The Kier molecular flexibility index (Phi) is 4.55. The van der Waals surface area contributed by atoms with E-state index >= 15 is 0 Å². The third kappa shape index (κ3) is 3.97. The van der Waals surface area contributed by atoms with Crippen LogP contribution in [-0.4, -0.2) is 23.8 Å². The van der Waals surface area contributed by atoms with Gasteiger partial charge in [-0.15, -0.1) is 0 Å². The van der Waals surface area contributed by atoms with Gasteiger partial charge in [-0.1, -0.05) is 34.7 Å². The van der Waals surface area contributed by atoms with E-state index < -0.39 is 0 Å². The second-order valence-electron chi connectivity index (χ2n) is 2.10. The number of thiazole rings is 1. The van der Waals surface area contributed by atoms with Gasteiger partial charge in [-0.05, 0) is 0 Å². The molecule has 0 saturated heterocycles. The van der Waals surface area contributed by atoms with E-state index in [4.69, 9.17) is 11.6 Å². The number of halogens is 1. The average Bonchev–Trinajstić information content (AvgIpc) is 2.51. The van der Waals surface area contributed by atoms with Crippen LogP contribution < -0.4 is 0 Å². The van der Waals surface area contributed by atoms with Gasteiger partial charge in [0, 0.05) is 5.75 Å². The van der Waals surface area contributed by atoms with Gasteiger partial charge in [0.15, 0.2) is 4.34 Å². The Morgan fingerprint density at radius 1 is 1.85 bits per heavy atom. The molecule has 1 aromatic heterocycles. The Balaban J connectivity index is 2.24. The maximum Gasteiger partial charge on any atom is 0.306 e. The van der Waals surface area contributed by atoms with Crippen LogP contribution in [0.5, 0.6) is 0 Å². The quantitative estimate of drug-likeness (QED) is 0.596. The maximum atomic E-state index is 10.7. The minimum atomic E-state index is -0.199. The molecule has 3 nitrogen and oxygen atoms in total. The van der Waals surface area contributed by atoms with E-state index in [1.54, 1.807) is 6.20 Å². The van der Waals surface area contributed by atoms with Crippen molar-refractivity contribution in [2.24, 2.45) is 0 Å². The highest BCUT2D eigenvalue weighted by Gasteiger charge is 2.03. The number of thioether (sulfide) groups is 1. The molecule has 0 atom stereocenters. The molecule has 0 saturated carbocycles. The van der Waals surface area contributed by atoms with Gasteiger partial charge in [0.2, 0.25) is 0 Å². The Morgan fingerprint density at radius 2 is 2.62 bits per heavy atom. The second kappa shape index (κ2) is 5.47. The molecule has 0 aliphatic carbocycles. The summed E-state index contributed by atoms with van der Waals surface area (Å²) in [6.07, 6.45) is 2.01. The Morgan fingerprint density at radius 3 is 3.15 bits per heavy atom. The molecule has 0 spiro atoms. The van der Waals surface area contributed by atoms with Crippen LogP contribution in [0.1, 0.15) is 6.42 Å². The van der Waals surface area contributed by atoms with E-state index in [0.717, 1.165) is 4.34 Å². The average molecular weight is 238 g/mol. The van der Waals surface area contributed by atoms with Crippen LogP contribution in [0.25, 0.3) is 0 Å². The first-order valence-electron chi connectivity index (χ1n) is 3.53. The zero-order valence-corrected chi connectivity index (χ0v) is 9.34. The smallest absolute Gasteiger partial charge is 0.306 e. The van der Waals surface area contributed by atoms with E-state index in [2.05, 4.69) is 9.72 Å². The van der Waals surface area contributed by atoms with Crippen molar-refractivity contribution in [1.82, 2.24) is 4.98 Å². The van der Waals surface area contributed by atoms with Gasteiger partial charge in [-0.2, -0.15) is 0 Å². The fraction of sp³-hybridized carbons (Fsp3) is 0.429. The highest BCUT2D eigenvalue weighted by Crippen LogP contribution is 2.27. The summed E-state index contributed by atoms with van der Waals surface area (Å²) in [5, 5.41) is 0.